The van der Waals surface area contributed by atoms with Crippen molar-refractivity contribution in [3.05, 3.63) is 29.7 Å². The highest BCUT2D eigenvalue weighted by Gasteiger charge is 2.25. The summed E-state index contributed by atoms with van der Waals surface area (Å²) in [6.07, 6.45) is 1.84. The van der Waals surface area contributed by atoms with Crippen molar-refractivity contribution in [1.82, 2.24) is 19.9 Å². The molecule has 0 aliphatic carbocycles. The van der Waals surface area contributed by atoms with Gasteiger partial charge in [0.2, 0.25) is 11.8 Å². The van der Waals surface area contributed by atoms with E-state index in [4.69, 9.17) is 19.3 Å². The van der Waals surface area contributed by atoms with Gasteiger partial charge in [-0.25, -0.2) is 19.7 Å². The Hall–Kier alpha value is -3.14. The number of nitrogens with one attached hydrogen (secondary N) is 1. The monoisotopic (exact) mass is 445 g/mol. The number of anilines is 1. The van der Waals surface area contributed by atoms with Crippen molar-refractivity contribution < 1.29 is 24.1 Å². The molecule has 3 heterocycles. The van der Waals surface area contributed by atoms with E-state index in [2.05, 4.69) is 20.3 Å². The van der Waals surface area contributed by atoms with Gasteiger partial charge in [0.05, 0.1) is 24.0 Å². The SMILES string of the molecule is Cc1nc(NCCOC(C)C)ccc1Oc1ncnc(OC2CCN(C(=O)O)CC2)c1C. The van der Waals surface area contributed by atoms with Gasteiger partial charge < -0.3 is 29.5 Å². The molecule has 1 aliphatic rings. The van der Waals surface area contributed by atoms with Gasteiger partial charge in [0.15, 0.2) is 5.75 Å². The van der Waals surface area contributed by atoms with Crippen LogP contribution >= 0.6 is 0 Å². The number of likely N-dealkylation sites (tertiary alicyclic amines) is 1. The van der Waals surface area contributed by atoms with Crippen molar-refractivity contribution >= 4 is 11.9 Å². The predicted molar refractivity (Wildman–Crippen MR) is 119 cm³/mol. The third-order valence-electron chi connectivity index (χ3n) is 5.09. The third kappa shape index (κ3) is 6.43. The van der Waals surface area contributed by atoms with E-state index < -0.39 is 6.09 Å². The number of piperidine rings is 1. The Labute approximate surface area is 187 Å². The molecule has 1 amide bonds. The van der Waals surface area contributed by atoms with Gasteiger partial charge in [-0.3, -0.25) is 0 Å². The molecule has 0 aromatic carbocycles. The highest BCUT2D eigenvalue weighted by molar-refractivity contribution is 5.65. The summed E-state index contributed by atoms with van der Waals surface area (Å²) in [5.41, 5.74) is 1.40. The summed E-state index contributed by atoms with van der Waals surface area (Å²) in [6, 6.07) is 3.69. The smallest absolute Gasteiger partial charge is 0.407 e. The molecule has 0 atom stereocenters. The zero-order valence-corrected chi connectivity index (χ0v) is 19.0. The van der Waals surface area contributed by atoms with Gasteiger partial charge in [-0.1, -0.05) is 0 Å². The van der Waals surface area contributed by atoms with Crippen molar-refractivity contribution in [3.63, 3.8) is 0 Å². The van der Waals surface area contributed by atoms with Gasteiger partial charge in [0.1, 0.15) is 18.2 Å². The largest absolute Gasteiger partial charge is 0.474 e. The fourth-order valence-electron chi connectivity index (χ4n) is 3.30. The molecular weight excluding hydrogens is 414 g/mol. The molecule has 0 bridgehead atoms. The van der Waals surface area contributed by atoms with Crippen LogP contribution in [0.2, 0.25) is 0 Å². The van der Waals surface area contributed by atoms with E-state index in [1.54, 1.807) is 0 Å². The second-order valence-electron chi connectivity index (χ2n) is 7.92. The fraction of sp³-hybridized carbons (Fsp3) is 0.545. The number of ether oxygens (including phenoxy) is 3. The number of aryl methyl sites for hydroxylation is 1. The van der Waals surface area contributed by atoms with Gasteiger partial charge in [-0.2, -0.15) is 0 Å². The lowest BCUT2D eigenvalue weighted by Gasteiger charge is -2.30. The van der Waals surface area contributed by atoms with Crippen LogP contribution < -0.4 is 14.8 Å². The molecule has 2 aromatic rings. The van der Waals surface area contributed by atoms with Crippen molar-refractivity contribution in [1.29, 1.82) is 0 Å². The number of nitrogens with zero attached hydrogens (tertiary/aromatic N) is 4. The first-order valence-electron chi connectivity index (χ1n) is 10.8. The quantitative estimate of drug-likeness (QED) is 0.558. The van der Waals surface area contributed by atoms with Gasteiger partial charge in [-0.05, 0) is 39.8 Å². The number of amides is 1. The van der Waals surface area contributed by atoms with E-state index in [-0.39, 0.29) is 12.2 Å². The third-order valence-corrected chi connectivity index (χ3v) is 5.09. The zero-order valence-electron chi connectivity index (χ0n) is 19.0. The Morgan fingerprint density at radius 2 is 1.94 bits per heavy atom. The summed E-state index contributed by atoms with van der Waals surface area (Å²) in [5, 5.41) is 12.3. The maximum atomic E-state index is 11.1. The molecule has 3 rings (SSSR count). The minimum atomic E-state index is -0.897. The Kier molecular flexibility index (Phi) is 8.04. The molecule has 1 saturated heterocycles. The summed E-state index contributed by atoms with van der Waals surface area (Å²) in [5.74, 6) is 2.18. The van der Waals surface area contributed by atoms with Crippen molar-refractivity contribution in [2.24, 2.45) is 0 Å². The van der Waals surface area contributed by atoms with Crippen LogP contribution in [0.1, 0.15) is 37.9 Å². The normalized spacial score (nSPS) is 14.5. The summed E-state index contributed by atoms with van der Waals surface area (Å²) in [4.78, 5) is 25.5. The molecule has 10 heteroatoms. The van der Waals surface area contributed by atoms with E-state index in [9.17, 15) is 4.79 Å². The first-order chi connectivity index (χ1) is 15.3. The van der Waals surface area contributed by atoms with Crippen molar-refractivity contribution in [3.8, 4) is 17.5 Å². The van der Waals surface area contributed by atoms with E-state index in [0.29, 0.717) is 62.2 Å². The molecule has 32 heavy (non-hydrogen) atoms. The Morgan fingerprint density at radius 1 is 1.22 bits per heavy atom. The predicted octanol–water partition coefficient (Wildman–Crippen LogP) is 3.64. The lowest BCUT2D eigenvalue weighted by molar-refractivity contribution is 0.0862. The van der Waals surface area contributed by atoms with Gasteiger partial charge in [-0.15, -0.1) is 0 Å². The number of aromatic nitrogens is 3. The lowest BCUT2D eigenvalue weighted by Crippen LogP contribution is -2.41. The average Bonchev–Trinajstić information content (AvgIpc) is 2.76. The molecule has 0 radical (unpaired) electrons. The molecule has 10 nitrogen and oxygen atoms in total. The number of carbonyl (C=O) groups is 1. The Bertz CT molecular complexity index is 916. The highest BCUT2D eigenvalue weighted by atomic mass is 16.5. The molecule has 0 unspecified atom stereocenters. The highest BCUT2D eigenvalue weighted by Crippen LogP contribution is 2.30. The van der Waals surface area contributed by atoms with E-state index in [0.717, 1.165) is 11.5 Å². The number of hydrogen-bond acceptors (Lipinski definition) is 8. The first-order valence-corrected chi connectivity index (χ1v) is 10.8. The fourth-order valence-corrected chi connectivity index (χ4v) is 3.30. The molecule has 2 aromatic heterocycles. The number of carboxylic acid groups (broad SMARTS) is 1. The topological polar surface area (TPSA) is 119 Å². The first kappa shape index (κ1) is 23.5. The second kappa shape index (κ2) is 10.9. The number of hydrogen-bond donors (Lipinski definition) is 2. The molecule has 1 aliphatic heterocycles. The summed E-state index contributed by atoms with van der Waals surface area (Å²) >= 11 is 0. The molecule has 1 fully saturated rings. The van der Waals surface area contributed by atoms with Crippen LogP contribution in [-0.2, 0) is 4.74 Å². The minimum absolute atomic E-state index is 0.0968. The number of rotatable bonds is 9. The second-order valence-corrected chi connectivity index (χ2v) is 7.92. The van der Waals surface area contributed by atoms with Crippen molar-refractivity contribution in [2.45, 2.75) is 52.7 Å². The van der Waals surface area contributed by atoms with Gasteiger partial charge in [0, 0.05) is 32.5 Å². The summed E-state index contributed by atoms with van der Waals surface area (Å²) < 4.78 is 17.5. The van der Waals surface area contributed by atoms with Crippen LogP contribution in [-0.4, -0.2) is 69.5 Å². The molecule has 2 N–H and O–H groups in total. The molecular formula is C22H31N5O5. The molecule has 0 saturated carbocycles. The standard InChI is InChI=1S/C22H31N5O5/c1-14(2)30-12-9-23-19-6-5-18(16(4)26-19)32-21-15(3)20(24-13-25-21)31-17-7-10-27(11-8-17)22(28)29/h5-6,13-14,17H,7-12H2,1-4H3,(H,23,26)(H,28,29). The number of pyridine rings is 1. The summed E-state index contributed by atoms with van der Waals surface area (Å²) in [6.45, 7) is 9.88. The molecule has 0 spiro atoms. The van der Waals surface area contributed by atoms with Crippen LogP contribution in [0.5, 0.6) is 17.5 Å². The van der Waals surface area contributed by atoms with Crippen LogP contribution in [0.25, 0.3) is 0 Å². The average molecular weight is 446 g/mol. The van der Waals surface area contributed by atoms with E-state index >= 15 is 0 Å². The summed E-state index contributed by atoms with van der Waals surface area (Å²) in [7, 11) is 0. The lowest BCUT2D eigenvalue weighted by atomic mass is 10.1. The van der Waals surface area contributed by atoms with Crippen LogP contribution in [0.15, 0.2) is 18.5 Å². The van der Waals surface area contributed by atoms with Crippen molar-refractivity contribution in [2.75, 3.05) is 31.6 Å². The van der Waals surface area contributed by atoms with Gasteiger partial charge in [0.25, 0.3) is 0 Å². The maximum Gasteiger partial charge on any atom is 0.407 e. The Balaban J connectivity index is 1.60. The molecule has 174 valence electrons. The van der Waals surface area contributed by atoms with Crippen LogP contribution in [0.4, 0.5) is 10.6 Å². The maximum absolute atomic E-state index is 11.1. The Morgan fingerprint density at radius 3 is 2.59 bits per heavy atom. The van der Waals surface area contributed by atoms with Crippen LogP contribution in [0.3, 0.4) is 0 Å². The van der Waals surface area contributed by atoms with Gasteiger partial charge >= 0.3 is 6.09 Å². The van der Waals surface area contributed by atoms with Crippen LogP contribution in [0, 0.1) is 13.8 Å². The zero-order chi connectivity index (χ0) is 23.1. The minimum Gasteiger partial charge on any atom is -0.474 e. The van der Waals surface area contributed by atoms with E-state index in [1.807, 2.05) is 39.8 Å². The van der Waals surface area contributed by atoms with E-state index in [1.165, 1.54) is 11.2 Å².